The molecule has 1 heterocycles. The van der Waals surface area contributed by atoms with Crippen molar-refractivity contribution in [1.82, 2.24) is 0 Å². The van der Waals surface area contributed by atoms with Gasteiger partial charge < -0.3 is 18.6 Å². The summed E-state index contributed by atoms with van der Waals surface area (Å²) in [5.41, 5.74) is 4.21. The highest BCUT2D eigenvalue weighted by atomic mass is 16.5. The summed E-state index contributed by atoms with van der Waals surface area (Å²) in [6.07, 6.45) is 1.35. The monoisotopic (exact) mass is 456 g/mol. The van der Waals surface area contributed by atoms with Crippen LogP contribution in [-0.2, 0) is 20.9 Å². The molecule has 0 spiro atoms. The first-order valence-corrected chi connectivity index (χ1v) is 10.7. The van der Waals surface area contributed by atoms with Gasteiger partial charge in [0, 0.05) is 17.0 Å². The van der Waals surface area contributed by atoms with Crippen LogP contribution in [0.4, 0.5) is 0 Å². The normalized spacial score (nSPS) is 11.3. The largest absolute Gasteiger partial charge is 0.503 e. The minimum absolute atomic E-state index is 0.184. The second kappa shape index (κ2) is 10.1. The highest BCUT2D eigenvalue weighted by Gasteiger charge is 2.18. The fraction of sp³-hybridized carbons (Fsp3) is 0.143. The first kappa shape index (κ1) is 22.9. The Hall–Kier alpha value is -4.32. The summed E-state index contributed by atoms with van der Waals surface area (Å²) in [7, 11) is 2.79. The zero-order valence-electron chi connectivity index (χ0n) is 19.2. The van der Waals surface area contributed by atoms with Gasteiger partial charge in [-0.3, -0.25) is 0 Å². The number of methoxy groups -OCH3 is 2. The van der Waals surface area contributed by atoms with Crippen molar-refractivity contribution in [3.05, 3.63) is 106 Å². The van der Waals surface area contributed by atoms with Crippen LogP contribution in [0.5, 0.6) is 5.75 Å². The molecule has 1 aromatic heterocycles. The standard InChI is InChI=1S/C28H24O6/c1-18-25(33-16-20-11-7-8-12-21(20)24(17-31-2)28(30)32-3)14-13-22-23(15-26(29)34-27(18)22)19-9-5-4-6-10-19/h4-15,17H,16H2,1-3H3/b24-17+. The second-order valence-corrected chi connectivity index (χ2v) is 7.62. The van der Waals surface area contributed by atoms with Crippen molar-refractivity contribution in [3.8, 4) is 16.9 Å². The summed E-state index contributed by atoms with van der Waals surface area (Å²) in [6.45, 7) is 2.04. The molecule has 0 aliphatic carbocycles. The van der Waals surface area contributed by atoms with Crippen LogP contribution >= 0.6 is 0 Å². The van der Waals surface area contributed by atoms with Crippen LogP contribution in [0.2, 0.25) is 0 Å². The molecule has 0 amide bonds. The molecule has 0 aliphatic heterocycles. The number of hydrogen-bond donors (Lipinski definition) is 0. The fourth-order valence-corrected chi connectivity index (χ4v) is 3.87. The van der Waals surface area contributed by atoms with E-state index < -0.39 is 11.6 Å². The Labute approximate surface area is 197 Å². The van der Waals surface area contributed by atoms with Gasteiger partial charge in [-0.15, -0.1) is 0 Å². The average molecular weight is 456 g/mol. The van der Waals surface area contributed by atoms with Crippen molar-refractivity contribution < 1.29 is 23.4 Å². The Morgan fingerprint density at radius 1 is 0.971 bits per heavy atom. The van der Waals surface area contributed by atoms with E-state index in [0.717, 1.165) is 22.1 Å². The van der Waals surface area contributed by atoms with Crippen LogP contribution in [0.3, 0.4) is 0 Å². The molecule has 3 aromatic carbocycles. The van der Waals surface area contributed by atoms with Gasteiger partial charge >= 0.3 is 11.6 Å². The van der Waals surface area contributed by atoms with Gasteiger partial charge in [0.2, 0.25) is 0 Å². The lowest BCUT2D eigenvalue weighted by molar-refractivity contribution is -0.133. The maximum atomic E-state index is 12.3. The number of carbonyl (C=O) groups is 1. The van der Waals surface area contributed by atoms with Gasteiger partial charge in [-0.2, -0.15) is 0 Å². The fourth-order valence-electron chi connectivity index (χ4n) is 3.87. The Morgan fingerprint density at radius 3 is 2.44 bits per heavy atom. The minimum Gasteiger partial charge on any atom is -0.503 e. The van der Waals surface area contributed by atoms with Gasteiger partial charge in [-0.05, 0) is 41.3 Å². The molecule has 4 rings (SSSR count). The van der Waals surface area contributed by atoms with Gasteiger partial charge in [0.15, 0.2) is 0 Å². The maximum Gasteiger partial charge on any atom is 0.341 e. The predicted molar refractivity (Wildman–Crippen MR) is 130 cm³/mol. The van der Waals surface area contributed by atoms with E-state index in [-0.39, 0.29) is 12.2 Å². The van der Waals surface area contributed by atoms with Crippen molar-refractivity contribution in [2.75, 3.05) is 14.2 Å². The topological polar surface area (TPSA) is 75.0 Å². The van der Waals surface area contributed by atoms with E-state index in [1.807, 2.05) is 67.6 Å². The number of hydrogen-bond acceptors (Lipinski definition) is 6. The molecule has 0 bridgehead atoms. The molecular formula is C28H24O6. The molecule has 0 saturated heterocycles. The molecule has 6 nitrogen and oxygen atoms in total. The molecule has 6 heteroatoms. The molecule has 34 heavy (non-hydrogen) atoms. The highest BCUT2D eigenvalue weighted by Crippen LogP contribution is 2.33. The van der Waals surface area contributed by atoms with E-state index in [4.69, 9.17) is 18.6 Å². The minimum atomic E-state index is -0.508. The smallest absolute Gasteiger partial charge is 0.341 e. The van der Waals surface area contributed by atoms with Crippen molar-refractivity contribution in [2.24, 2.45) is 0 Å². The molecule has 4 aromatic rings. The van der Waals surface area contributed by atoms with E-state index in [9.17, 15) is 9.59 Å². The lowest BCUT2D eigenvalue weighted by Crippen LogP contribution is -2.08. The number of ether oxygens (including phenoxy) is 3. The molecule has 0 radical (unpaired) electrons. The van der Waals surface area contributed by atoms with Gasteiger partial charge in [0.25, 0.3) is 0 Å². The van der Waals surface area contributed by atoms with Crippen molar-refractivity contribution in [1.29, 1.82) is 0 Å². The van der Waals surface area contributed by atoms with Gasteiger partial charge in [-0.1, -0.05) is 54.6 Å². The van der Waals surface area contributed by atoms with Crippen LogP contribution < -0.4 is 10.4 Å². The predicted octanol–water partition coefficient (Wildman–Crippen LogP) is 5.51. The zero-order chi connectivity index (χ0) is 24.1. The van der Waals surface area contributed by atoms with E-state index >= 15 is 0 Å². The third-order valence-electron chi connectivity index (χ3n) is 5.53. The molecule has 0 atom stereocenters. The van der Waals surface area contributed by atoms with Crippen LogP contribution in [0, 0.1) is 6.92 Å². The van der Waals surface area contributed by atoms with Crippen molar-refractivity contribution >= 4 is 22.5 Å². The molecule has 0 saturated carbocycles. The number of aryl methyl sites for hydroxylation is 1. The number of fused-ring (bicyclic) bond motifs is 1. The summed E-state index contributed by atoms with van der Waals surface area (Å²) in [6, 6.07) is 22.3. The van der Waals surface area contributed by atoms with Gasteiger partial charge in [0.1, 0.15) is 23.5 Å². The molecule has 172 valence electrons. The summed E-state index contributed by atoms with van der Waals surface area (Å²) < 4.78 is 21.7. The summed E-state index contributed by atoms with van der Waals surface area (Å²) >= 11 is 0. The Balaban J connectivity index is 1.70. The quantitative estimate of drug-likeness (QED) is 0.158. The first-order valence-electron chi connectivity index (χ1n) is 10.7. The molecule has 0 unspecified atom stereocenters. The van der Waals surface area contributed by atoms with Gasteiger partial charge in [-0.25, -0.2) is 9.59 Å². The average Bonchev–Trinajstić information content (AvgIpc) is 2.87. The van der Waals surface area contributed by atoms with E-state index in [1.54, 1.807) is 6.07 Å². The van der Waals surface area contributed by atoms with Crippen molar-refractivity contribution in [3.63, 3.8) is 0 Å². The Morgan fingerprint density at radius 2 is 1.71 bits per heavy atom. The molecular weight excluding hydrogens is 432 g/mol. The van der Waals surface area contributed by atoms with E-state index in [2.05, 4.69) is 0 Å². The maximum absolute atomic E-state index is 12.3. The molecule has 0 fully saturated rings. The number of carbonyl (C=O) groups excluding carboxylic acids is 1. The van der Waals surface area contributed by atoms with Crippen LogP contribution in [0.15, 0.2) is 88.3 Å². The Kier molecular flexibility index (Phi) is 6.78. The highest BCUT2D eigenvalue weighted by molar-refractivity contribution is 6.16. The SMILES string of the molecule is CO/C=C(/C(=O)OC)c1ccccc1COc1ccc2c(-c3ccccc3)cc(=O)oc2c1C. The van der Waals surface area contributed by atoms with Crippen LogP contribution in [0.1, 0.15) is 16.7 Å². The van der Waals surface area contributed by atoms with E-state index in [1.165, 1.54) is 26.5 Å². The number of rotatable bonds is 7. The lowest BCUT2D eigenvalue weighted by atomic mass is 10.00. The summed E-state index contributed by atoms with van der Waals surface area (Å²) in [5.74, 6) is 0.0670. The number of benzene rings is 3. The zero-order valence-corrected chi connectivity index (χ0v) is 19.2. The van der Waals surface area contributed by atoms with Gasteiger partial charge in [0.05, 0.1) is 20.5 Å². The number of esters is 1. The van der Waals surface area contributed by atoms with Crippen LogP contribution in [-0.4, -0.2) is 20.2 Å². The molecule has 0 aliphatic rings. The third-order valence-corrected chi connectivity index (χ3v) is 5.53. The first-order chi connectivity index (χ1) is 16.5. The molecule has 0 N–H and O–H groups in total. The van der Waals surface area contributed by atoms with Crippen LogP contribution in [0.25, 0.3) is 27.7 Å². The second-order valence-electron chi connectivity index (χ2n) is 7.62. The summed E-state index contributed by atoms with van der Waals surface area (Å²) in [4.78, 5) is 24.6. The summed E-state index contributed by atoms with van der Waals surface area (Å²) in [5, 5.41) is 0.826. The van der Waals surface area contributed by atoms with E-state index in [0.29, 0.717) is 22.5 Å². The lowest BCUT2D eigenvalue weighted by Gasteiger charge is -2.15. The third kappa shape index (κ3) is 4.57. The van der Waals surface area contributed by atoms with Crippen molar-refractivity contribution in [2.45, 2.75) is 13.5 Å². The Bertz CT molecular complexity index is 1420.